The molecule has 1 aliphatic rings. The maximum absolute atomic E-state index is 12.1. The fraction of sp³-hybridized carbons (Fsp3) is 0.917. The lowest BCUT2D eigenvalue weighted by atomic mass is 9.96. The largest absolute Gasteiger partial charge is 0.394 e. The van der Waals surface area contributed by atoms with Gasteiger partial charge >= 0.3 is 0 Å². The molecule has 1 saturated heterocycles. The molecule has 100 valence electrons. The van der Waals surface area contributed by atoms with Crippen molar-refractivity contribution in [3.8, 4) is 0 Å². The summed E-state index contributed by atoms with van der Waals surface area (Å²) in [6.07, 6.45) is 0.703. The number of nitrogens with one attached hydrogen (secondary N) is 2. The number of ether oxygens (including phenoxy) is 1. The highest BCUT2D eigenvalue weighted by molar-refractivity contribution is 5.80. The normalized spacial score (nSPS) is 27.8. The van der Waals surface area contributed by atoms with Gasteiger partial charge in [0.2, 0.25) is 5.91 Å². The van der Waals surface area contributed by atoms with Crippen LogP contribution in [0.1, 0.15) is 27.2 Å². The zero-order chi connectivity index (χ0) is 12.9. The van der Waals surface area contributed by atoms with Crippen molar-refractivity contribution in [3.63, 3.8) is 0 Å². The molecule has 0 saturated carbocycles. The summed E-state index contributed by atoms with van der Waals surface area (Å²) in [5.41, 5.74) is -0.531. The molecule has 17 heavy (non-hydrogen) atoms. The van der Waals surface area contributed by atoms with Crippen molar-refractivity contribution in [3.05, 3.63) is 0 Å². The Balaban J connectivity index is 2.57. The molecule has 0 bridgehead atoms. The second kappa shape index (κ2) is 6.33. The van der Waals surface area contributed by atoms with Gasteiger partial charge in [0.05, 0.1) is 31.3 Å². The highest BCUT2D eigenvalue weighted by Gasteiger charge is 2.36. The van der Waals surface area contributed by atoms with Crippen LogP contribution in [0.2, 0.25) is 0 Å². The molecule has 0 aromatic heterocycles. The predicted octanol–water partition coefficient (Wildman–Crippen LogP) is -0.112. The SMILES string of the molecule is CCNC1COCC1C(=O)NC(C)(CC)CO. The van der Waals surface area contributed by atoms with E-state index in [9.17, 15) is 9.90 Å². The Morgan fingerprint density at radius 1 is 1.47 bits per heavy atom. The van der Waals surface area contributed by atoms with E-state index in [4.69, 9.17) is 4.74 Å². The summed E-state index contributed by atoms with van der Waals surface area (Å²) in [5.74, 6) is -0.195. The van der Waals surface area contributed by atoms with Crippen LogP contribution in [-0.4, -0.2) is 49.0 Å². The highest BCUT2D eigenvalue weighted by Crippen LogP contribution is 2.16. The Kier molecular flexibility index (Phi) is 5.36. The first-order chi connectivity index (χ1) is 8.06. The number of hydrogen-bond donors (Lipinski definition) is 3. The minimum Gasteiger partial charge on any atom is -0.394 e. The van der Waals surface area contributed by atoms with Crippen molar-refractivity contribution in [2.75, 3.05) is 26.4 Å². The molecule has 3 unspecified atom stereocenters. The van der Waals surface area contributed by atoms with Crippen LogP contribution in [0.4, 0.5) is 0 Å². The smallest absolute Gasteiger partial charge is 0.227 e. The molecule has 5 nitrogen and oxygen atoms in total. The average Bonchev–Trinajstić information content (AvgIpc) is 2.77. The molecule has 0 radical (unpaired) electrons. The molecule has 0 spiro atoms. The number of aliphatic hydroxyl groups excluding tert-OH is 1. The summed E-state index contributed by atoms with van der Waals surface area (Å²) < 4.78 is 5.34. The fourth-order valence-corrected chi connectivity index (χ4v) is 1.91. The average molecular weight is 244 g/mol. The number of hydrogen-bond acceptors (Lipinski definition) is 4. The van der Waals surface area contributed by atoms with Gasteiger partial charge in [-0.2, -0.15) is 0 Å². The zero-order valence-electron chi connectivity index (χ0n) is 11.0. The molecule has 3 N–H and O–H groups in total. The van der Waals surface area contributed by atoms with Gasteiger partial charge in [-0.1, -0.05) is 13.8 Å². The minimum atomic E-state index is -0.531. The summed E-state index contributed by atoms with van der Waals surface area (Å²) in [4.78, 5) is 12.1. The van der Waals surface area contributed by atoms with Crippen molar-refractivity contribution in [2.45, 2.75) is 38.8 Å². The second-order valence-electron chi connectivity index (χ2n) is 4.87. The van der Waals surface area contributed by atoms with Gasteiger partial charge in [0.15, 0.2) is 0 Å². The quantitative estimate of drug-likeness (QED) is 0.609. The molecular formula is C12H24N2O3. The molecule has 1 aliphatic heterocycles. The molecule has 1 rings (SSSR count). The number of rotatable bonds is 6. The Labute approximate surface area is 103 Å². The predicted molar refractivity (Wildman–Crippen MR) is 65.7 cm³/mol. The van der Waals surface area contributed by atoms with Gasteiger partial charge in [0.25, 0.3) is 0 Å². The summed E-state index contributed by atoms with van der Waals surface area (Å²) >= 11 is 0. The number of carbonyl (C=O) groups excluding carboxylic acids is 1. The first-order valence-electron chi connectivity index (χ1n) is 6.30. The standard InChI is InChI=1S/C12H24N2O3/c1-4-12(3,8-15)14-11(16)9-6-17-7-10(9)13-5-2/h9-10,13,15H,4-8H2,1-3H3,(H,14,16). The van der Waals surface area contributed by atoms with Crippen LogP contribution < -0.4 is 10.6 Å². The lowest BCUT2D eigenvalue weighted by molar-refractivity contribution is -0.127. The van der Waals surface area contributed by atoms with Gasteiger partial charge in [0.1, 0.15) is 0 Å². The molecule has 1 fully saturated rings. The van der Waals surface area contributed by atoms with E-state index in [1.54, 1.807) is 0 Å². The van der Waals surface area contributed by atoms with Crippen LogP contribution >= 0.6 is 0 Å². The Bertz CT molecular complexity index is 254. The third kappa shape index (κ3) is 3.66. The van der Waals surface area contributed by atoms with E-state index in [0.717, 1.165) is 6.54 Å². The van der Waals surface area contributed by atoms with Gasteiger partial charge in [0, 0.05) is 6.04 Å². The molecule has 0 aromatic rings. The van der Waals surface area contributed by atoms with E-state index in [1.807, 2.05) is 20.8 Å². The van der Waals surface area contributed by atoms with Crippen LogP contribution in [0.15, 0.2) is 0 Å². The molecule has 5 heteroatoms. The van der Waals surface area contributed by atoms with Crippen molar-refractivity contribution in [1.82, 2.24) is 10.6 Å². The lowest BCUT2D eigenvalue weighted by Gasteiger charge is -2.29. The summed E-state index contributed by atoms with van der Waals surface area (Å²) in [5, 5.41) is 15.4. The summed E-state index contributed by atoms with van der Waals surface area (Å²) in [6.45, 7) is 7.61. The second-order valence-corrected chi connectivity index (χ2v) is 4.87. The lowest BCUT2D eigenvalue weighted by Crippen LogP contribution is -2.53. The van der Waals surface area contributed by atoms with E-state index in [0.29, 0.717) is 19.6 Å². The number of likely N-dealkylation sites (N-methyl/N-ethyl adjacent to an activating group) is 1. The van der Waals surface area contributed by atoms with Crippen molar-refractivity contribution < 1.29 is 14.6 Å². The summed E-state index contributed by atoms with van der Waals surface area (Å²) in [6, 6.07) is 0.0831. The maximum Gasteiger partial charge on any atom is 0.227 e. The molecule has 1 amide bonds. The van der Waals surface area contributed by atoms with Gasteiger partial charge in [-0.25, -0.2) is 0 Å². The van der Waals surface area contributed by atoms with Gasteiger partial charge in [-0.15, -0.1) is 0 Å². The van der Waals surface area contributed by atoms with Gasteiger partial charge in [-0.3, -0.25) is 4.79 Å². The minimum absolute atomic E-state index is 0.0353. The zero-order valence-corrected chi connectivity index (χ0v) is 11.0. The first kappa shape index (κ1) is 14.4. The van der Waals surface area contributed by atoms with Gasteiger partial charge in [-0.05, 0) is 19.9 Å². The summed E-state index contributed by atoms with van der Waals surface area (Å²) in [7, 11) is 0. The van der Waals surface area contributed by atoms with E-state index in [2.05, 4.69) is 10.6 Å². The third-order valence-corrected chi connectivity index (χ3v) is 3.44. The van der Waals surface area contributed by atoms with Crippen molar-refractivity contribution in [1.29, 1.82) is 0 Å². The van der Waals surface area contributed by atoms with Crippen LogP contribution in [0, 0.1) is 5.92 Å². The molecule has 1 heterocycles. The topological polar surface area (TPSA) is 70.6 Å². The number of carbonyl (C=O) groups is 1. The fourth-order valence-electron chi connectivity index (χ4n) is 1.91. The first-order valence-corrected chi connectivity index (χ1v) is 6.30. The van der Waals surface area contributed by atoms with Gasteiger partial charge < -0.3 is 20.5 Å². The number of amides is 1. The van der Waals surface area contributed by atoms with Crippen LogP contribution in [-0.2, 0) is 9.53 Å². The monoisotopic (exact) mass is 244 g/mol. The Hall–Kier alpha value is -0.650. The van der Waals surface area contributed by atoms with E-state index < -0.39 is 5.54 Å². The molecule has 0 aromatic carbocycles. The van der Waals surface area contributed by atoms with Crippen molar-refractivity contribution in [2.24, 2.45) is 5.92 Å². The maximum atomic E-state index is 12.1. The number of aliphatic hydroxyl groups is 1. The Morgan fingerprint density at radius 2 is 2.18 bits per heavy atom. The molecule has 3 atom stereocenters. The van der Waals surface area contributed by atoms with Crippen LogP contribution in [0.5, 0.6) is 0 Å². The van der Waals surface area contributed by atoms with Crippen LogP contribution in [0.3, 0.4) is 0 Å². The molecular weight excluding hydrogens is 220 g/mol. The Morgan fingerprint density at radius 3 is 2.71 bits per heavy atom. The third-order valence-electron chi connectivity index (χ3n) is 3.44. The van der Waals surface area contributed by atoms with Crippen LogP contribution in [0.25, 0.3) is 0 Å². The van der Waals surface area contributed by atoms with E-state index in [-0.39, 0.29) is 24.5 Å². The van der Waals surface area contributed by atoms with E-state index in [1.165, 1.54) is 0 Å². The highest BCUT2D eigenvalue weighted by atomic mass is 16.5. The van der Waals surface area contributed by atoms with E-state index >= 15 is 0 Å². The van der Waals surface area contributed by atoms with Crippen molar-refractivity contribution >= 4 is 5.91 Å². The molecule has 0 aliphatic carbocycles.